The zero-order valence-corrected chi connectivity index (χ0v) is 22.1. The second-order valence-corrected chi connectivity index (χ2v) is 12.6. The van der Waals surface area contributed by atoms with E-state index in [1.165, 1.54) is 12.1 Å². The predicted octanol–water partition coefficient (Wildman–Crippen LogP) is 4.18. The fourth-order valence-electron chi connectivity index (χ4n) is 4.22. The Morgan fingerprint density at radius 3 is 2.32 bits per heavy atom. The van der Waals surface area contributed by atoms with Gasteiger partial charge in [0.2, 0.25) is 5.88 Å². The van der Waals surface area contributed by atoms with Gasteiger partial charge in [-0.25, -0.2) is 30.2 Å². The lowest BCUT2D eigenvalue weighted by Gasteiger charge is -2.34. The van der Waals surface area contributed by atoms with Gasteiger partial charge in [-0.1, -0.05) is 17.7 Å². The fourth-order valence-corrected chi connectivity index (χ4v) is 7.04. The van der Waals surface area contributed by atoms with Gasteiger partial charge in [-0.15, -0.1) is 0 Å². The number of methoxy groups -OCH3 is 1. The number of halogens is 7. The van der Waals surface area contributed by atoms with Crippen LogP contribution >= 0.6 is 0 Å². The molecule has 2 N–H and O–H groups in total. The first-order valence-electron chi connectivity index (χ1n) is 12.7. The summed E-state index contributed by atoms with van der Waals surface area (Å²) in [5.74, 6) is -3.68. The molecule has 0 saturated carbocycles. The van der Waals surface area contributed by atoms with Crippen molar-refractivity contribution in [2.75, 3.05) is 11.8 Å². The van der Waals surface area contributed by atoms with Crippen molar-refractivity contribution >= 4 is 25.7 Å². The molecular formula is C23H20F7N3O6S2. The van der Waals surface area contributed by atoms with E-state index in [0.29, 0.717) is 11.8 Å². The van der Waals surface area contributed by atoms with Gasteiger partial charge in [0.1, 0.15) is 10.6 Å². The van der Waals surface area contributed by atoms with Crippen molar-refractivity contribution in [1.82, 2.24) is 8.96 Å². The van der Waals surface area contributed by atoms with Crippen LogP contribution in [0.25, 0.3) is 0 Å². The highest BCUT2D eigenvalue weighted by Gasteiger charge is 2.56. The van der Waals surface area contributed by atoms with Crippen molar-refractivity contribution in [2.24, 2.45) is 0 Å². The number of nitrogens with zero attached hydrogens (tertiary/aromatic N) is 2. The maximum Gasteiger partial charge on any atom is 0.436 e. The van der Waals surface area contributed by atoms with E-state index in [9.17, 15) is 52.7 Å². The molecule has 2 heterocycles. The van der Waals surface area contributed by atoms with Crippen LogP contribution in [-0.2, 0) is 39.1 Å². The normalized spacial score (nSPS) is 19.6. The number of alkyl halides is 6. The van der Waals surface area contributed by atoms with Crippen molar-refractivity contribution in [2.45, 2.75) is 53.9 Å². The summed E-state index contributed by atoms with van der Waals surface area (Å²) in [5.41, 5.74) is -7.65. The van der Waals surface area contributed by atoms with E-state index in [1.54, 1.807) is 11.6 Å². The maximum atomic E-state index is 14.4. The molecule has 0 spiro atoms. The molecule has 2 aromatic heterocycles. The summed E-state index contributed by atoms with van der Waals surface area (Å²) in [6.45, 7) is 1.61. The van der Waals surface area contributed by atoms with Crippen molar-refractivity contribution in [3.8, 4) is 5.88 Å². The highest BCUT2D eigenvalue weighted by Crippen LogP contribution is 2.44. The van der Waals surface area contributed by atoms with Gasteiger partial charge in [0, 0.05) is 24.4 Å². The summed E-state index contributed by atoms with van der Waals surface area (Å²) in [5, 5.41) is 10.4. The van der Waals surface area contributed by atoms with Gasteiger partial charge in [-0.3, -0.25) is 4.72 Å². The molecule has 0 unspecified atom stereocenters. The van der Waals surface area contributed by atoms with E-state index in [1.807, 2.05) is 0 Å². The number of aryl methyl sites for hydroxylation is 1. The Kier molecular flexibility index (Phi) is 6.38. The number of nitrogens with one attached hydrogen (secondary N) is 1. The minimum Gasteiger partial charge on any atom is -0.479 e. The SMILES string of the molecule is [2H]C([2H])([2H])Oc1nc(C(F)(F)F)c(F)cc1NS(=O)(=O)c1cn(S(=O)(=O)c2ccc(C)cc2)c2c1CC[C@](O)(C(F)(F)F)C2. The third-order valence-electron chi connectivity index (χ3n) is 6.34. The number of sulfonamides is 1. The molecule has 1 aliphatic carbocycles. The first kappa shape index (κ1) is 26.5. The lowest BCUT2D eigenvalue weighted by molar-refractivity contribution is -0.263. The number of hydrogen-bond donors (Lipinski definition) is 2. The van der Waals surface area contributed by atoms with Crippen molar-refractivity contribution in [1.29, 1.82) is 0 Å². The van der Waals surface area contributed by atoms with Crippen LogP contribution in [-0.4, -0.2) is 49.7 Å². The fraction of sp³-hybridized carbons (Fsp3) is 0.348. The van der Waals surface area contributed by atoms with E-state index in [0.717, 1.165) is 12.1 Å². The van der Waals surface area contributed by atoms with Gasteiger partial charge in [0.15, 0.2) is 17.1 Å². The van der Waals surface area contributed by atoms with Gasteiger partial charge >= 0.3 is 12.4 Å². The number of benzene rings is 1. The van der Waals surface area contributed by atoms with Crippen LogP contribution in [0.1, 0.15) is 33.0 Å². The van der Waals surface area contributed by atoms with Crippen molar-refractivity contribution in [3.05, 3.63) is 64.9 Å². The molecular weight excluding hydrogens is 611 g/mol. The molecule has 1 atom stereocenters. The Morgan fingerprint density at radius 2 is 1.76 bits per heavy atom. The maximum absolute atomic E-state index is 14.4. The quantitative estimate of drug-likeness (QED) is 0.390. The summed E-state index contributed by atoms with van der Waals surface area (Å²) in [4.78, 5) is 1.29. The Bertz CT molecular complexity index is 1830. The van der Waals surface area contributed by atoms with E-state index in [4.69, 9.17) is 4.11 Å². The van der Waals surface area contributed by atoms with Gasteiger partial charge < -0.3 is 9.84 Å². The van der Waals surface area contributed by atoms with Crippen LogP contribution in [0.3, 0.4) is 0 Å². The van der Waals surface area contributed by atoms with Gasteiger partial charge in [0.25, 0.3) is 20.0 Å². The number of hydrogen-bond acceptors (Lipinski definition) is 7. The number of pyridine rings is 1. The topological polar surface area (TPSA) is 128 Å². The number of fused-ring (bicyclic) bond motifs is 1. The molecule has 0 bridgehead atoms. The summed E-state index contributed by atoms with van der Waals surface area (Å²) in [6, 6.07) is 4.82. The van der Waals surface area contributed by atoms with Crippen molar-refractivity contribution < 1.29 is 61.5 Å². The number of aromatic nitrogens is 2. The van der Waals surface area contributed by atoms with E-state index in [-0.39, 0.29) is 10.0 Å². The predicted molar refractivity (Wildman–Crippen MR) is 128 cm³/mol. The van der Waals surface area contributed by atoms with Crippen LogP contribution < -0.4 is 9.46 Å². The first-order valence-corrected chi connectivity index (χ1v) is 14.1. The van der Waals surface area contributed by atoms with E-state index >= 15 is 0 Å². The highest BCUT2D eigenvalue weighted by molar-refractivity contribution is 7.93. The summed E-state index contributed by atoms with van der Waals surface area (Å²) >= 11 is 0. The zero-order valence-electron chi connectivity index (χ0n) is 23.4. The molecule has 0 radical (unpaired) electrons. The molecule has 0 amide bonds. The van der Waals surface area contributed by atoms with E-state index < -0.39 is 108 Å². The summed E-state index contributed by atoms with van der Waals surface area (Å²) in [6.07, 6.45) is -13.7. The summed E-state index contributed by atoms with van der Waals surface area (Å²) in [7, 11) is -13.6. The first-order chi connectivity index (χ1) is 19.9. The summed E-state index contributed by atoms with van der Waals surface area (Å²) < 4.78 is 177. The second-order valence-electron chi connectivity index (χ2n) is 9.12. The van der Waals surface area contributed by atoms with Crippen LogP contribution in [0.5, 0.6) is 5.88 Å². The third-order valence-corrected chi connectivity index (χ3v) is 9.47. The van der Waals surface area contributed by atoms with Crippen LogP contribution in [0.4, 0.5) is 36.4 Å². The van der Waals surface area contributed by atoms with Gasteiger partial charge in [-0.05, 0) is 37.5 Å². The number of aliphatic hydroxyl groups is 1. The molecule has 1 aromatic carbocycles. The molecule has 0 fully saturated rings. The number of anilines is 1. The number of rotatable bonds is 6. The average Bonchev–Trinajstić information content (AvgIpc) is 3.24. The highest BCUT2D eigenvalue weighted by atomic mass is 32.2. The monoisotopic (exact) mass is 634 g/mol. The number of ether oxygens (including phenoxy) is 1. The lowest BCUT2D eigenvalue weighted by atomic mass is 9.83. The Balaban J connectivity index is 1.91. The van der Waals surface area contributed by atoms with Gasteiger partial charge in [0.05, 0.1) is 16.0 Å². The van der Waals surface area contributed by atoms with Gasteiger partial charge in [-0.2, -0.15) is 26.3 Å². The van der Waals surface area contributed by atoms with Crippen LogP contribution in [0.2, 0.25) is 0 Å². The van der Waals surface area contributed by atoms with Crippen LogP contribution in [0, 0.1) is 12.7 Å². The molecule has 41 heavy (non-hydrogen) atoms. The third kappa shape index (κ3) is 5.46. The minimum atomic E-state index is -5.47. The largest absolute Gasteiger partial charge is 0.479 e. The molecule has 1 aliphatic rings. The Morgan fingerprint density at radius 1 is 1.12 bits per heavy atom. The molecule has 0 saturated heterocycles. The second kappa shape index (κ2) is 9.87. The molecule has 18 heteroatoms. The Labute approximate surface area is 232 Å². The molecule has 0 aliphatic heterocycles. The standard InChI is InChI=1S/C23H20F7N3O6S2/c1-12-3-5-13(6-4-12)41(37,38)33-11-18(14-7-8-21(34,10-17(14)33)23(28,29)30)40(35,36)32-16-9-15(24)19(22(25,26)27)31-20(16)39-2/h3-6,9,11,32,34H,7-8,10H2,1-2H3/t21-/m1/s1/i2D3. The van der Waals surface area contributed by atoms with Crippen LogP contribution in [0.15, 0.2) is 46.3 Å². The zero-order chi connectivity index (χ0) is 33.3. The smallest absolute Gasteiger partial charge is 0.436 e. The van der Waals surface area contributed by atoms with Crippen molar-refractivity contribution in [3.63, 3.8) is 0 Å². The molecule has 3 aromatic rings. The molecule has 9 nitrogen and oxygen atoms in total. The lowest BCUT2D eigenvalue weighted by Crippen LogP contribution is -2.50. The van der Waals surface area contributed by atoms with E-state index in [2.05, 4.69) is 9.72 Å². The minimum absolute atomic E-state index is 0.0800. The molecule has 224 valence electrons. The average molecular weight is 635 g/mol. The molecule has 4 rings (SSSR count). The Hall–Kier alpha value is -3.38.